The topological polar surface area (TPSA) is 85.8 Å². The average molecular weight is 287 g/mol. The number of aromatic nitrogens is 3. The maximum Gasteiger partial charge on any atom is 0.230 e. The molecule has 1 aromatic carbocycles. The molecule has 0 aliphatic heterocycles. The molecular formula is C15H21N5O. The summed E-state index contributed by atoms with van der Waals surface area (Å²) in [6.45, 7) is 6.93. The largest absolute Gasteiger partial charge is 0.399 e. The second-order valence-electron chi connectivity index (χ2n) is 5.46. The Hall–Kier alpha value is -2.37. The molecule has 3 N–H and O–H groups in total. The molecule has 0 aliphatic rings. The lowest BCUT2D eigenvalue weighted by molar-refractivity contribution is -0.125. The quantitative estimate of drug-likeness (QED) is 0.815. The van der Waals surface area contributed by atoms with E-state index in [2.05, 4.69) is 15.5 Å². The Morgan fingerprint density at radius 3 is 2.62 bits per heavy atom. The zero-order chi connectivity index (χ0) is 15.5. The van der Waals surface area contributed by atoms with Gasteiger partial charge >= 0.3 is 0 Å². The van der Waals surface area contributed by atoms with Crippen LogP contribution in [-0.2, 0) is 23.3 Å². The van der Waals surface area contributed by atoms with Crippen LogP contribution in [0.3, 0.4) is 0 Å². The summed E-state index contributed by atoms with van der Waals surface area (Å²) in [5, 5.41) is 10.8. The summed E-state index contributed by atoms with van der Waals surface area (Å²) < 4.78 is 1.90. The fourth-order valence-corrected chi connectivity index (χ4v) is 2.09. The van der Waals surface area contributed by atoms with Crippen LogP contribution in [0, 0.1) is 0 Å². The first-order valence-electron chi connectivity index (χ1n) is 6.96. The number of aryl methyl sites for hydroxylation is 1. The summed E-state index contributed by atoms with van der Waals surface area (Å²) in [7, 11) is 0. The fourth-order valence-electron chi connectivity index (χ4n) is 2.09. The van der Waals surface area contributed by atoms with Gasteiger partial charge in [-0.1, -0.05) is 12.1 Å². The minimum atomic E-state index is -0.634. The number of anilines is 1. The number of hydrogen-bond acceptors (Lipinski definition) is 4. The SMILES string of the molecule is CCn1cnnc1CNC(=O)C(C)(C)c1ccc(N)cc1. The molecule has 0 saturated carbocycles. The molecule has 6 nitrogen and oxygen atoms in total. The van der Waals surface area contributed by atoms with Crippen LogP contribution < -0.4 is 11.1 Å². The fraction of sp³-hybridized carbons (Fsp3) is 0.400. The van der Waals surface area contributed by atoms with Crippen LogP contribution in [0.25, 0.3) is 0 Å². The molecular weight excluding hydrogens is 266 g/mol. The highest BCUT2D eigenvalue weighted by Crippen LogP contribution is 2.24. The first-order valence-corrected chi connectivity index (χ1v) is 6.96. The van der Waals surface area contributed by atoms with E-state index in [1.165, 1.54) is 0 Å². The Morgan fingerprint density at radius 1 is 1.33 bits per heavy atom. The molecule has 0 saturated heterocycles. The molecule has 0 radical (unpaired) electrons. The highest BCUT2D eigenvalue weighted by atomic mass is 16.2. The Bertz CT molecular complexity index is 615. The Labute approximate surface area is 124 Å². The molecule has 6 heteroatoms. The average Bonchev–Trinajstić information content (AvgIpc) is 2.92. The van der Waals surface area contributed by atoms with E-state index in [0.29, 0.717) is 12.2 Å². The van der Waals surface area contributed by atoms with Crippen molar-refractivity contribution in [3.63, 3.8) is 0 Å². The Kier molecular flexibility index (Phi) is 4.26. The summed E-state index contributed by atoms with van der Waals surface area (Å²) in [6.07, 6.45) is 1.66. The third kappa shape index (κ3) is 3.21. The van der Waals surface area contributed by atoms with E-state index in [9.17, 15) is 4.79 Å². The van der Waals surface area contributed by atoms with Gasteiger partial charge in [-0.3, -0.25) is 4.79 Å². The molecule has 0 fully saturated rings. The second-order valence-corrected chi connectivity index (χ2v) is 5.46. The van der Waals surface area contributed by atoms with Crippen molar-refractivity contribution in [1.82, 2.24) is 20.1 Å². The Balaban J connectivity index is 2.06. The molecule has 0 atom stereocenters. The van der Waals surface area contributed by atoms with E-state index in [0.717, 1.165) is 17.9 Å². The van der Waals surface area contributed by atoms with Gasteiger partial charge in [0.05, 0.1) is 12.0 Å². The summed E-state index contributed by atoms with van der Waals surface area (Å²) in [6, 6.07) is 7.36. The van der Waals surface area contributed by atoms with E-state index < -0.39 is 5.41 Å². The zero-order valence-electron chi connectivity index (χ0n) is 12.6. The molecule has 112 valence electrons. The zero-order valence-corrected chi connectivity index (χ0v) is 12.6. The van der Waals surface area contributed by atoms with Gasteiger partial charge in [-0.15, -0.1) is 10.2 Å². The summed E-state index contributed by atoms with van der Waals surface area (Å²) in [4.78, 5) is 12.4. The lowest BCUT2D eigenvalue weighted by Crippen LogP contribution is -2.40. The molecule has 1 amide bonds. The van der Waals surface area contributed by atoms with E-state index >= 15 is 0 Å². The van der Waals surface area contributed by atoms with Crippen LogP contribution in [-0.4, -0.2) is 20.7 Å². The van der Waals surface area contributed by atoms with Crippen molar-refractivity contribution >= 4 is 11.6 Å². The molecule has 2 aromatic rings. The highest BCUT2D eigenvalue weighted by molar-refractivity contribution is 5.87. The van der Waals surface area contributed by atoms with Crippen molar-refractivity contribution in [1.29, 1.82) is 0 Å². The third-order valence-electron chi connectivity index (χ3n) is 3.64. The van der Waals surface area contributed by atoms with Gasteiger partial charge in [-0.25, -0.2) is 0 Å². The van der Waals surface area contributed by atoms with Crippen LogP contribution in [0.5, 0.6) is 0 Å². The molecule has 1 aromatic heterocycles. The number of nitrogens with zero attached hydrogens (tertiary/aromatic N) is 3. The van der Waals surface area contributed by atoms with E-state index in [1.807, 2.05) is 37.5 Å². The number of benzene rings is 1. The molecule has 0 unspecified atom stereocenters. The minimum absolute atomic E-state index is 0.0575. The number of carbonyl (C=O) groups is 1. The van der Waals surface area contributed by atoms with Gasteiger partial charge in [0.15, 0.2) is 5.82 Å². The van der Waals surface area contributed by atoms with Crippen molar-refractivity contribution < 1.29 is 4.79 Å². The lowest BCUT2D eigenvalue weighted by Gasteiger charge is -2.24. The van der Waals surface area contributed by atoms with E-state index in [-0.39, 0.29) is 5.91 Å². The summed E-state index contributed by atoms with van der Waals surface area (Å²) in [5.74, 6) is 0.692. The van der Waals surface area contributed by atoms with Crippen molar-refractivity contribution in [2.24, 2.45) is 0 Å². The first-order chi connectivity index (χ1) is 9.95. The molecule has 0 bridgehead atoms. The van der Waals surface area contributed by atoms with Gasteiger partial charge in [-0.2, -0.15) is 0 Å². The minimum Gasteiger partial charge on any atom is -0.399 e. The van der Waals surface area contributed by atoms with Gasteiger partial charge in [-0.05, 0) is 38.5 Å². The van der Waals surface area contributed by atoms with Gasteiger partial charge in [0.1, 0.15) is 6.33 Å². The Morgan fingerprint density at radius 2 is 2.00 bits per heavy atom. The van der Waals surface area contributed by atoms with E-state index in [1.54, 1.807) is 18.5 Å². The van der Waals surface area contributed by atoms with Crippen LogP contribution in [0.15, 0.2) is 30.6 Å². The molecule has 0 spiro atoms. The predicted molar refractivity (Wildman–Crippen MR) is 81.4 cm³/mol. The number of hydrogen-bond donors (Lipinski definition) is 2. The van der Waals surface area contributed by atoms with Gasteiger partial charge in [0.25, 0.3) is 0 Å². The highest BCUT2D eigenvalue weighted by Gasteiger charge is 2.29. The van der Waals surface area contributed by atoms with E-state index in [4.69, 9.17) is 5.73 Å². The van der Waals surface area contributed by atoms with Gasteiger partial charge < -0.3 is 15.6 Å². The van der Waals surface area contributed by atoms with Crippen molar-refractivity contribution in [2.45, 2.75) is 39.3 Å². The first kappa shape index (κ1) is 15.0. The number of nitrogen functional groups attached to an aromatic ring is 1. The predicted octanol–water partition coefficient (Wildman–Crippen LogP) is 1.47. The normalized spacial score (nSPS) is 11.4. The van der Waals surface area contributed by atoms with Gasteiger partial charge in [0, 0.05) is 12.2 Å². The maximum absolute atomic E-state index is 12.4. The molecule has 2 rings (SSSR count). The second kappa shape index (κ2) is 5.95. The smallest absolute Gasteiger partial charge is 0.230 e. The van der Waals surface area contributed by atoms with Crippen LogP contribution in [0.4, 0.5) is 5.69 Å². The monoisotopic (exact) mass is 287 g/mol. The van der Waals surface area contributed by atoms with Crippen molar-refractivity contribution in [3.8, 4) is 0 Å². The van der Waals surface area contributed by atoms with Crippen LogP contribution in [0.1, 0.15) is 32.2 Å². The molecule has 0 aliphatic carbocycles. The third-order valence-corrected chi connectivity index (χ3v) is 3.64. The number of nitrogens with two attached hydrogens (primary N) is 1. The molecule has 1 heterocycles. The van der Waals surface area contributed by atoms with Crippen molar-refractivity contribution in [3.05, 3.63) is 42.0 Å². The van der Waals surface area contributed by atoms with Crippen LogP contribution in [0.2, 0.25) is 0 Å². The number of rotatable bonds is 5. The molecule has 21 heavy (non-hydrogen) atoms. The number of amides is 1. The summed E-state index contributed by atoms with van der Waals surface area (Å²) in [5.41, 5.74) is 6.66. The maximum atomic E-state index is 12.4. The lowest BCUT2D eigenvalue weighted by atomic mass is 9.83. The summed E-state index contributed by atoms with van der Waals surface area (Å²) >= 11 is 0. The number of carbonyl (C=O) groups excluding carboxylic acids is 1. The standard InChI is InChI=1S/C15H21N5O/c1-4-20-10-18-19-13(20)9-17-14(21)15(2,3)11-5-7-12(16)8-6-11/h5-8,10H,4,9,16H2,1-3H3,(H,17,21). The van der Waals surface area contributed by atoms with Crippen LogP contribution >= 0.6 is 0 Å². The van der Waals surface area contributed by atoms with Crippen molar-refractivity contribution in [2.75, 3.05) is 5.73 Å². The van der Waals surface area contributed by atoms with Gasteiger partial charge in [0.2, 0.25) is 5.91 Å². The number of nitrogens with one attached hydrogen (secondary N) is 1.